The van der Waals surface area contributed by atoms with E-state index in [4.69, 9.17) is 0 Å². The number of hydrogen-bond acceptors (Lipinski definition) is 3. The molecule has 2 nitrogen and oxygen atoms in total. The second-order valence-electron chi connectivity index (χ2n) is 4.88. The fourth-order valence-corrected chi connectivity index (χ4v) is 3.29. The normalized spacial score (nSPS) is 36.4. The summed E-state index contributed by atoms with van der Waals surface area (Å²) in [7, 11) is 0. The lowest BCUT2D eigenvalue weighted by molar-refractivity contribution is -0.0329. The highest BCUT2D eigenvalue weighted by Crippen LogP contribution is 2.31. The molecule has 2 rings (SSSR count). The molecule has 2 N–H and O–H groups in total. The molecule has 0 radical (unpaired) electrons. The zero-order valence-electron chi connectivity index (χ0n) is 8.96. The second-order valence-corrected chi connectivity index (χ2v) is 6.35. The molecule has 2 atom stereocenters. The lowest BCUT2D eigenvalue weighted by Gasteiger charge is -2.38. The van der Waals surface area contributed by atoms with Crippen molar-refractivity contribution >= 4 is 11.8 Å². The minimum Gasteiger partial charge on any atom is -0.389 e. The molecule has 1 saturated heterocycles. The van der Waals surface area contributed by atoms with Gasteiger partial charge in [-0.3, -0.25) is 0 Å². The van der Waals surface area contributed by atoms with Gasteiger partial charge in [0.15, 0.2) is 0 Å². The SMILES string of the molecule is CC1CCC(NCC2(O)CCC2)CS1. The van der Waals surface area contributed by atoms with Gasteiger partial charge in [0.05, 0.1) is 5.60 Å². The van der Waals surface area contributed by atoms with Crippen molar-refractivity contribution in [2.75, 3.05) is 12.3 Å². The Kier molecular flexibility index (Phi) is 3.40. The van der Waals surface area contributed by atoms with Crippen LogP contribution in [-0.2, 0) is 0 Å². The fraction of sp³-hybridized carbons (Fsp3) is 1.00. The van der Waals surface area contributed by atoms with Gasteiger partial charge in [-0.1, -0.05) is 6.92 Å². The van der Waals surface area contributed by atoms with Crippen LogP contribution in [0.5, 0.6) is 0 Å². The molecule has 0 aromatic heterocycles. The molecule has 0 amide bonds. The first-order valence-corrected chi connectivity index (χ1v) is 6.80. The summed E-state index contributed by atoms with van der Waals surface area (Å²) < 4.78 is 0. The Morgan fingerprint density at radius 3 is 2.71 bits per heavy atom. The summed E-state index contributed by atoms with van der Waals surface area (Å²) in [6, 6.07) is 0.640. The predicted molar refractivity (Wildman–Crippen MR) is 61.7 cm³/mol. The largest absolute Gasteiger partial charge is 0.389 e. The van der Waals surface area contributed by atoms with E-state index in [0.717, 1.165) is 24.6 Å². The Morgan fingerprint density at radius 1 is 1.43 bits per heavy atom. The zero-order chi connectivity index (χ0) is 10.0. The highest BCUT2D eigenvalue weighted by molar-refractivity contribution is 7.99. The first-order valence-electron chi connectivity index (χ1n) is 5.75. The van der Waals surface area contributed by atoms with E-state index < -0.39 is 0 Å². The van der Waals surface area contributed by atoms with Crippen LogP contribution in [-0.4, -0.2) is 34.3 Å². The minimum absolute atomic E-state index is 0.353. The second kappa shape index (κ2) is 4.42. The minimum atomic E-state index is -0.353. The summed E-state index contributed by atoms with van der Waals surface area (Å²) in [6.45, 7) is 3.12. The lowest BCUT2D eigenvalue weighted by atomic mass is 9.80. The van der Waals surface area contributed by atoms with Crippen molar-refractivity contribution in [3.05, 3.63) is 0 Å². The van der Waals surface area contributed by atoms with Crippen LogP contribution < -0.4 is 5.32 Å². The maximum absolute atomic E-state index is 9.92. The van der Waals surface area contributed by atoms with Crippen LogP contribution >= 0.6 is 11.8 Å². The molecule has 2 fully saturated rings. The third-order valence-corrected chi connectivity index (χ3v) is 4.91. The van der Waals surface area contributed by atoms with Gasteiger partial charge in [-0.2, -0.15) is 11.8 Å². The van der Waals surface area contributed by atoms with Gasteiger partial charge in [-0.15, -0.1) is 0 Å². The maximum Gasteiger partial charge on any atom is 0.0771 e. The third kappa shape index (κ3) is 2.65. The van der Waals surface area contributed by atoms with E-state index in [2.05, 4.69) is 24.0 Å². The summed E-state index contributed by atoms with van der Waals surface area (Å²) in [5.41, 5.74) is -0.353. The van der Waals surface area contributed by atoms with Crippen molar-refractivity contribution in [1.82, 2.24) is 5.32 Å². The zero-order valence-corrected chi connectivity index (χ0v) is 9.78. The molecule has 0 aromatic rings. The van der Waals surface area contributed by atoms with Gasteiger partial charge in [0, 0.05) is 23.6 Å². The van der Waals surface area contributed by atoms with Crippen LogP contribution in [0, 0.1) is 0 Å². The van der Waals surface area contributed by atoms with Crippen molar-refractivity contribution in [3.63, 3.8) is 0 Å². The average molecular weight is 215 g/mol. The van der Waals surface area contributed by atoms with Crippen LogP contribution in [0.15, 0.2) is 0 Å². The third-order valence-electron chi connectivity index (χ3n) is 3.51. The molecule has 2 unspecified atom stereocenters. The molecule has 3 heteroatoms. The summed E-state index contributed by atoms with van der Waals surface area (Å²) in [4.78, 5) is 0. The van der Waals surface area contributed by atoms with Crippen LogP contribution in [0.2, 0.25) is 0 Å². The quantitative estimate of drug-likeness (QED) is 0.752. The summed E-state index contributed by atoms with van der Waals surface area (Å²) in [6.07, 6.45) is 5.80. The van der Waals surface area contributed by atoms with Crippen molar-refractivity contribution in [2.45, 2.75) is 55.9 Å². The first-order chi connectivity index (χ1) is 6.68. The van der Waals surface area contributed by atoms with Gasteiger partial charge in [0.2, 0.25) is 0 Å². The van der Waals surface area contributed by atoms with E-state index in [0.29, 0.717) is 6.04 Å². The molecule has 0 bridgehead atoms. The molecule has 0 spiro atoms. The van der Waals surface area contributed by atoms with E-state index in [9.17, 15) is 5.11 Å². The molecule has 14 heavy (non-hydrogen) atoms. The number of nitrogens with one attached hydrogen (secondary N) is 1. The highest BCUT2D eigenvalue weighted by atomic mass is 32.2. The fourth-order valence-electron chi connectivity index (χ4n) is 2.14. The van der Waals surface area contributed by atoms with Gasteiger partial charge in [-0.05, 0) is 32.1 Å². The molecule has 0 aromatic carbocycles. The summed E-state index contributed by atoms with van der Waals surface area (Å²) in [5.74, 6) is 1.22. The number of rotatable bonds is 3. The number of aliphatic hydroxyl groups is 1. The van der Waals surface area contributed by atoms with Gasteiger partial charge in [-0.25, -0.2) is 0 Å². The topological polar surface area (TPSA) is 32.3 Å². The Bertz CT molecular complexity index is 186. The molecule has 1 heterocycles. The lowest BCUT2D eigenvalue weighted by Crippen LogP contribution is -2.50. The van der Waals surface area contributed by atoms with Crippen LogP contribution in [0.4, 0.5) is 0 Å². The molecular weight excluding hydrogens is 194 g/mol. The monoisotopic (exact) mass is 215 g/mol. The Morgan fingerprint density at radius 2 is 2.21 bits per heavy atom. The van der Waals surface area contributed by atoms with Gasteiger partial charge >= 0.3 is 0 Å². The predicted octanol–water partition coefficient (Wildman–Crippen LogP) is 1.78. The van der Waals surface area contributed by atoms with Crippen LogP contribution in [0.1, 0.15) is 39.0 Å². The van der Waals surface area contributed by atoms with E-state index in [1.165, 1.54) is 25.0 Å². The van der Waals surface area contributed by atoms with Crippen molar-refractivity contribution in [3.8, 4) is 0 Å². The number of thioether (sulfide) groups is 1. The van der Waals surface area contributed by atoms with Crippen molar-refractivity contribution in [2.24, 2.45) is 0 Å². The van der Waals surface area contributed by atoms with E-state index in [1.807, 2.05) is 0 Å². The maximum atomic E-state index is 9.92. The van der Waals surface area contributed by atoms with Crippen LogP contribution in [0.25, 0.3) is 0 Å². The van der Waals surface area contributed by atoms with Gasteiger partial charge < -0.3 is 10.4 Å². The molecule has 82 valence electrons. The standard InChI is InChI=1S/C11H21NOS/c1-9-3-4-10(7-14-9)12-8-11(13)5-2-6-11/h9-10,12-13H,2-8H2,1H3. The van der Waals surface area contributed by atoms with Crippen LogP contribution in [0.3, 0.4) is 0 Å². The van der Waals surface area contributed by atoms with Crippen molar-refractivity contribution in [1.29, 1.82) is 0 Å². The molecule has 2 aliphatic rings. The smallest absolute Gasteiger partial charge is 0.0771 e. The van der Waals surface area contributed by atoms with E-state index in [-0.39, 0.29) is 5.60 Å². The summed E-state index contributed by atoms with van der Waals surface area (Å²) in [5, 5.41) is 14.3. The van der Waals surface area contributed by atoms with Gasteiger partial charge in [0.1, 0.15) is 0 Å². The van der Waals surface area contributed by atoms with Crippen molar-refractivity contribution < 1.29 is 5.11 Å². The first kappa shape index (κ1) is 10.8. The molecule has 1 saturated carbocycles. The van der Waals surface area contributed by atoms with E-state index in [1.54, 1.807) is 0 Å². The molecular formula is C11H21NOS. The highest BCUT2D eigenvalue weighted by Gasteiger charge is 2.34. The van der Waals surface area contributed by atoms with E-state index >= 15 is 0 Å². The summed E-state index contributed by atoms with van der Waals surface area (Å²) >= 11 is 2.06. The van der Waals surface area contributed by atoms with Gasteiger partial charge in [0.25, 0.3) is 0 Å². The Labute approximate surface area is 90.8 Å². The Hall–Kier alpha value is 0.270. The Balaban J connectivity index is 1.65. The molecule has 1 aliphatic carbocycles. The number of hydrogen-bond donors (Lipinski definition) is 2. The average Bonchev–Trinajstić information content (AvgIpc) is 2.14. The molecule has 1 aliphatic heterocycles.